The van der Waals surface area contributed by atoms with Gasteiger partial charge in [0.25, 0.3) is 0 Å². The van der Waals surface area contributed by atoms with E-state index in [2.05, 4.69) is 0 Å². The number of aliphatic hydroxyl groups is 2. The van der Waals surface area contributed by atoms with Crippen LogP contribution in [0.3, 0.4) is 0 Å². The Bertz CT molecular complexity index is 259. The Morgan fingerprint density at radius 2 is 0.941 bits per heavy atom. The van der Waals surface area contributed by atoms with E-state index in [4.69, 9.17) is 10.2 Å². The molecule has 104 valence electrons. The lowest BCUT2D eigenvalue weighted by molar-refractivity contribution is -0.456. The first-order chi connectivity index (χ1) is 7.00. The summed E-state index contributed by atoms with van der Waals surface area (Å²) < 4.78 is 110. The van der Waals surface area contributed by atoms with Gasteiger partial charge in [0, 0.05) is 6.92 Å². The number of rotatable bonds is 4. The average Bonchev–Trinajstić information content (AvgIpc) is 1.98. The summed E-state index contributed by atoms with van der Waals surface area (Å²) in [5.74, 6) is -25.8. The predicted octanol–water partition coefficient (Wildman–Crippen LogP) is 2.16. The van der Waals surface area contributed by atoms with Crippen LogP contribution in [0.2, 0.25) is 0 Å². The van der Waals surface area contributed by atoms with Crippen LogP contribution in [0.15, 0.2) is 0 Å². The van der Waals surface area contributed by atoms with Crippen molar-refractivity contribution in [2.24, 2.45) is 0 Å². The van der Waals surface area contributed by atoms with Gasteiger partial charge in [-0.25, -0.2) is 0 Å². The maximum Gasteiger partial charge on any atom is 0.418 e. The third-order valence-electron chi connectivity index (χ3n) is 1.76. The number of alkyl halides is 9. The third kappa shape index (κ3) is 2.17. The fraction of sp³-hybridized carbons (Fsp3) is 1.00. The quantitative estimate of drug-likeness (QED) is 0.775. The van der Waals surface area contributed by atoms with Gasteiger partial charge in [-0.1, -0.05) is 0 Å². The van der Waals surface area contributed by atoms with Gasteiger partial charge in [-0.15, -0.1) is 0 Å². The van der Waals surface area contributed by atoms with Gasteiger partial charge in [-0.05, 0) is 0 Å². The second-order valence-electron chi connectivity index (χ2n) is 3.20. The average molecular weight is 280 g/mol. The molecule has 0 radical (unpaired) electrons. The summed E-state index contributed by atoms with van der Waals surface area (Å²) in [5, 5.41) is 15.3. The van der Waals surface area contributed by atoms with Crippen molar-refractivity contribution < 1.29 is 49.7 Å². The number of hydrogen-bond acceptors (Lipinski definition) is 2. The molecule has 0 aromatic carbocycles. The summed E-state index contributed by atoms with van der Waals surface area (Å²) in [6, 6.07) is 0. The molecule has 0 aromatic rings. The fourth-order valence-electron chi connectivity index (χ4n) is 0.673. The monoisotopic (exact) mass is 280 g/mol. The summed E-state index contributed by atoms with van der Waals surface area (Å²) in [6.07, 6.45) is -6.37. The fourth-order valence-corrected chi connectivity index (χ4v) is 0.673. The molecule has 0 aliphatic rings. The summed E-state index contributed by atoms with van der Waals surface area (Å²) in [7, 11) is 0. The van der Waals surface area contributed by atoms with Crippen molar-refractivity contribution in [3.8, 4) is 0 Å². The lowest BCUT2D eigenvalue weighted by Gasteiger charge is -2.37. The maximum absolute atomic E-state index is 12.5. The Morgan fingerprint density at radius 3 is 1.12 bits per heavy atom. The first-order valence-corrected chi connectivity index (χ1v) is 3.65. The molecule has 2 N–H and O–H groups in total. The molecule has 11 heteroatoms. The largest absolute Gasteiger partial charge is 0.418 e. The van der Waals surface area contributed by atoms with Crippen molar-refractivity contribution in [1.82, 2.24) is 0 Å². The minimum absolute atomic E-state index is 0.799. The summed E-state index contributed by atoms with van der Waals surface area (Å²) >= 11 is 0. The van der Waals surface area contributed by atoms with Crippen molar-refractivity contribution in [1.29, 1.82) is 0 Å². The smallest absolute Gasteiger partial charge is 0.350 e. The molecule has 0 rings (SSSR count). The normalized spacial score (nSPS) is 19.1. The van der Waals surface area contributed by atoms with Crippen LogP contribution in [0.25, 0.3) is 0 Å². The lowest BCUT2D eigenvalue weighted by atomic mass is 9.98. The molecule has 0 spiro atoms. The van der Waals surface area contributed by atoms with E-state index < -0.39 is 36.7 Å². The first kappa shape index (κ1) is 16.3. The van der Waals surface area contributed by atoms with Gasteiger partial charge in [0.15, 0.2) is 0 Å². The Hall–Kier alpha value is -0.710. The lowest BCUT2D eigenvalue weighted by Crippen LogP contribution is -2.68. The zero-order valence-electron chi connectivity index (χ0n) is 7.80. The van der Waals surface area contributed by atoms with Gasteiger partial charge in [0.2, 0.25) is 0 Å². The van der Waals surface area contributed by atoms with Gasteiger partial charge in [-0.3, -0.25) is 0 Å². The van der Waals surface area contributed by atoms with E-state index in [0.717, 1.165) is 0 Å². The predicted molar refractivity (Wildman–Crippen MR) is 33.7 cm³/mol. The van der Waals surface area contributed by atoms with Gasteiger partial charge in [-0.2, -0.15) is 39.5 Å². The summed E-state index contributed by atoms with van der Waals surface area (Å²) in [6.45, 7) is -0.799. The Kier molecular flexibility index (Phi) is 3.49. The van der Waals surface area contributed by atoms with Crippen LogP contribution in [0.5, 0.6) is 0 Å². The van der Waals surface area contributed by atoms with E-state index in [1.54, 1.807) is 0 Å². The van der Waals surface area contributed by atoms with Crippen molar-refractivity contribution in [2.45, 2.75) is 36.7 Å². The van der Waals surface area contributed by atoms with Gasteiger partial charge < -0.3 is 10.2 Å². The van der Waals surface area contributed by atoms with Crippen molar-refractivity contribution >= 4 is 0 Å². The highest BCUT2D eigenvalue weighted by atomic mass is 19.4. The molecular weight excluding hydrogens is 275 g/mol. The van der Waals surface area contributed by atoms with E-state index in [1.165, 1.54) is 0 Å². The van der Waals surface area contributed by atoms with E-state index in [1.807, 2.05) is 0 Å². The van der Waals surface area contributed by atoms with Crippen LogP contribution in [0.1, 0.15) is 6.92 Å². The van der Waals surface area contributed by atoms with E-state index >= 15 is 0 Å². The molecule has 0 aliphatic carbocycles. The zero-order chi connectivity index (χ0) is 14.5. The van der Waals surface area contributed by atoms with Gasteiger partial charge in [0.1, 0.15) is 0 Å². The van der Waals surface area contributed by atoms with Crippen molar-refractivity contribution in [3.05, 3.63) is 0 Å². The molecule has 0 aromatic heterocycles. The summed E-state index contributed by atoms with van der Waals surface area (Å²) in [4.78, 5) is 0. The molecular formula is C6H5F9O2. The highest BCUT2D eigenvalue weighted by Gasteiger charge is 2.84. The Labute approximate surface area is 87.6 Å². The molecule has 0 saturated carbocycles. The van der Waals surface area contributed by atoms with Crippen LogP contribution in [-0.4, -0.2) is 39.9 Å². The Morgan fingerprint density at radius 1 is 0.647 bits per heavy atom. The van der Waals surface area contributed by atoms with Crippen molar-refractivity contribution in [3.63, 3.8) is 0 Å². The minimum Gasteiger partial charge on any atom is -0.350 e. The minimum atomic E-state index is -6.93. The van der Waals surface area contributed by atoms with Crippen molar-refractivity contribution in [2.75, 3.05) is 0 Å². The van der Waals surface area contributed by atoms with E-state index in [9.17, 15) is 39.5 Å². The molecule has 0 bridgehead atoms. The van der Waals surface area contributed by atoms with Crippen LogP contribution in [-0.2, 0) is 0 Å². The molecule has 0 fully saturated rings. The molecule has 1 unspecified atom stereocenters. The molecule has 0 saturated heterocycles. The Balaban J connectivity index is 5.73. The molecule has 17 heavy (non-hydrogen) atoms. The first-order valence-electron chi connectivity index (χ1n) is 3.65. The SMILES string of the molecule is CC(F)(F)C(F)(F)C(F)(F)C(O)(F)C(O)(F)F. The number of halogens is 9. The molecule has 2 nitrogen and oxygen atoms in total. The third-order valence-corrected chi connectivity index (χ3v) is 1.76. The molecule has 0 amide bonds. The molecule has 0 aliphatic heterocycles. The topological polar surface area (TPSA) is 40.5 Å². The van der Waals surface area contributed by atoms with E-state index in [0.29, 0.717) is 0 Å². The highest BCUT2D eigenvalue weighted by Crippen LogP contribution is 2.54. The van der Waals surface area contributed by atoms with E-state index in [-0.39, 0.29) is 0 Å². The second kappa shape index (κ2) is 3.64. The second-order valence-corrected chi connectivity index (χ2v) is 3.20. The van der Waals surface area contributed by atoms with Gasteiger partial charge >= 0.3 is 29.7 Å². The standard InChI is InChI=1S/C6H5F9O2/c1-2(7,8)3(9,10)4(11,12)5(13,16)6(14,15)17/h16-17H,1H3. The van der Waals surface area contributed by atoms with Gasteiger partial charge in [0.05, 0.1) is 0 Å². The molecule has 0 heterocycles. The number of hydrogen-bond donors (Lipinski definition) is 2. The summed E-state index contributed by atoms with van der Waals surface area (Å²) in [5.41, 5.74) is 0. The van der Waals surface area contributed by atoms with Crippen LogP contribution < -0.4 is 0 Å². The molecule has 1 atom stereocenters. The van der Waals surface area contributed by atoms with Crippen LogP contribution >= 0.6 is 0 Å². The van der Waals surface area contributed by atoms with Crippen LogP contribution in [0, 0.1) is 0 Å². The van der Waals surface area contributed by atoms with Crippen LogP contribution in [0.4, 0.5) is 39.5 Å². The highest BCUT2D eigenvalue weighted by molar-refractivity contribution is 5.04. The zero-order valence-corrected chi connectivity index (χ0v) is 7.80. The maximum atomic E-state index is 12.5.